The Hall–Kier alpha value is -3.30. The summed E-state index contributed by atoms with van der Waals surface area (Å²) in [6, 6.07) is 8.02. The molecule has 0 saturated heterocycles. The van der Waals surface area contributed by atoms with Crippen molar-refractivity contribution in [2.75, 3.05) is 11.4 Å². The fourth-order valence-corrected chi connectivity index (χ4v) is 8.39. The average Bonchev–Trinajstić information content (AvgIpc) is 3.70. The predicted octanol–water partition coefficient (Wildman–Crippen LogP) is 7.25. The standard InChI is InChI=1S/C32H34F3N5O2/c33-25(34)27-38-28(39-42-27)31-9-6-29(7-10-31,8-11-31)19-40(24(41)13-30-16-32(35,17-30)18-30)23-3-1-2-21(12-23)22-14-36-26(37-15-22)20-4-5-20/h1-3,12,14-15,20,25H,4-11,13,16-19H2. The van der Waals surface area contributed by atoms with Crippen molar-refractivity contribution in [2.45, 2.75) is 100 Å². The Labute approximate surface area is 242 Å². The number of anilines is 1. The first-order valence-corrected chi connectivity index (χ1v) is 15.2. The van der Waals surface area contributed by atoms with Crippen molar-refractivity contribution in [3.8, 4) is 11.1 Å². The third kappa shape index (κ3) is 4.35. The largest absolute Gasteiger partial charge is 0.333 e. The molecule has 0 atom stereocenters. The molecule has 0 spiro atoms. The van der Waals surface area contributed by atoms with Crippen LogP contribution in [0.4, 0.5) is 18.9 Å². The van der Waals surface area contributed by atoms with Crippen LogP contribution in [0.1, 0.15) is 107 Å². The smallest absolute Gasteiger partial charge is 0.315 e. The Morgan fingerprint density at radius 3 is 2.26 bits per heavy atom. The minimum Gasteiger partial charge on any atom is -0.333 e. The Kier molecular flexibility index (Phi) is 5.71. The summed E-state index contributed by atoms with van der Waals surface area (Å²) in [5.41, 5.74) is 1.03. The molecule has 7 aliphatic carbocycles. The first-order chi connectivity index (χ1) is 20.2. The van der Waals surface area contributed by atoms with Crippen LogP contribution in [0, 0.1) is 10.8 Å². The zero-order valence-electron chi connectivity index (χ0n) is 23.5. The van der Waals surface area contributed by atoms with Gasteiger partial charge >= 0.3 is 6.43 Å². The Bertz CT molecular complexity index is 1490. The van der Waals surface area contributed by atoms with E-state index >= 15 is 0 Å². The third-order valence-corrected chi connectivity index (χ3v) is 11.0. The summed E-state index contributed by atoms with van der Waals surface area (Å²) in [6.07, 6.45) is 9.95. The summed E-state index contributed by atoms with van der Waals surface area (Å²) in [4.78, 5) is 29.2. The summed E-state index contributed by atoms with van der Waals surface area (Å²) in [5, 5.41) is 3.94. The molecule has 1 aromatic carbocycles. The van der Waals surface area contributed by atoms with E-state index in [1.54, 1.807) is 0 Å². The van der Waals surface area contributed by atoms with Crippen LogP contribution in [0.5, 0.6) is 0 Å². The van der Waals surface area contributed by atoms with Crippen molar-refractivity contribution in [1.82, 2.24) is 20.1 Å². The fourth-order valence-electron chi connectivity index (χ4n) is 8.39. The normalized spacial score (nSPS) is 32.9. The SMILES string of the molecule is O=C(CC12CC(F)(C1)C2)N(CC12CCC(c3noc(C(F)F)n3)(CC1)CC2)c1cccc(-c2cnc(C3CC3)nc2)c1. The number of rotatable bonds is 9. The minimum absolute atomic E-state index is 0.0470. The van der Waals surface area contributed by atoms with E-state index in [9.17, 15) is 18.0 Å². The molecule has 7 aliphatic rings. The number of halogens is 3. The summed E-state index contributed by atoms with van der Waals surface area (Å²) in [6.45, 7) is 0.577. The zero-order chi connectivity index (χ0) is 28.7. The number of nitrogens with zero attached hydrogens (tertiary/aromatic N) is 5. The highest BCUT2D eigenvalue weighted by Gasteiger charge is 2.69. The Balaban J connectivity index is 1.05. The second-order valence-corrected chi connectivity index (χ2v) is 14.0. The highest BCUT2D eigenvalue weighted by atomic mass is 19.3. The summed E-state index contributed by atoms with van der Waals surface area (Å²) < 4.78 is 45.4. The van der Waals surface area contributed by atoms with Crippen LogP contribution in [0.25, 0.3) is 11.1 Å². The first-order valence-electron chi connectivity index (χ1n) is 15.2. The van der Waals surface area contributed by atoms with Crippen LogP contribution in [-0.4, -0.2) is 38.2 Å². The molecule has 0 unspecified atom stereocenters. The van der Waals surface area contributed by atoms with E-state index in [1.165, 1.54) is 0 Å². The van der Waals surface area contributed by atoms with Crippen LogP contribution in [0.3, 0.4) is 0 Å². The van der Waals surface area contributed by atoms with Gasteiger partial charge < -0.3 is 9.42 Å². The molecule has 2 heterocycles. The lowest BCUT2D eigenvalue weighted by molar-refractivity contribution is -0.215. The fraction of sp³-hybridized carbons (Fsp3) is 0.594. The van der Waals surface area contributed by atoms with Crippen LogP contribution in [0.2, 0.25) is 0 Å². The highest BCUT2D eigenvalue weighted by Crippen LogP contribution is 2.71. The molecule has 0 aliphatic heterocycles. The summed E-state index contributed by atoms with van der Waals surface area (Å²) >= 11 is 0. The van der Waals surface area contributed by atoms with Gasteiger partial charge in [0.2, 0.25) is 5.91 Å². The molecular formula is C32H34F3N5O2. The molecule has 4 bridgehead atoms. The van der Waals surface area contributed by atoms with Gasteiger partial charge in [0.15, 0.2) is 5.82 Å². The number of alkyl halides is 3. The van der Waals surface area contributed by atoms with Crippen molar-refractivity contribution in [3.05, 3.63) is 54.2 Å². The summed E-state index contributed by atoms with van der Waals surface area (Å²) in [5.74, 6) is 1.20. The molecule has 3 aromatic rings. The third-order valence-electron chi connectivity index (χ3n) is 11.0. The molecular weight excluding hydrogens is 543 g/mol. The van der Waals surface area contributed by atoms with Crippen molar-refractivity contribution in [3.63, 3.8) is 0 Å². The maximum Gasteiger partial charge on any atom is 0.315 e. The van der Waals surface area contributed by atoms with Crippen molar-refractivity contribution in [2.24, 2.45) is 10.8 Å². The molecule has 1 amide bonds. The predicted molar refractivity (Wildman–Crippen MR) is 148 cm³/mol. The Morgan fingerprint density at radius 1 is 0.976 bits per heavy atom. The van der Waals surface area contributed by atoms with E-state index in [0.717, 1.165) is 74.0 Å². The number of amides is 1. The Morgan fingerprint density at radius 2 is 1.67 bits per heavy atom. The van der Waals surface area contributed by atoms with Crippen LogP contribution in [-0.2, 0) is 10.2 Å². The quantitative estimate of drug-likeness (QED) is 0.266. The van der Waals surface area contributed by atoms with E-state index in [1.807, 2.05) is 41.6 Å². The molecule has 7 saturated carbocycles. The van der Waals surface area contributed by atoms with Gasteiger partial charge in [-0.1, -0.05) is 17.3 Å². The van der Waals surface area contributed by atoms with Gasteiger partial charge in [-0.3, -0.25) is 4.79 Å². The van der Waals surface area contributed by atoms with Gasteiger partial charge in [-0.05, 0) is 99.2 Å². The van der Waals surface area contributed by atoms with Gasteiger partial charge in [0.05, 0.1) is 0 Å². The molecule has 10 heteroatoms. The second-order valence-electron chi connectivity index (χ2n) is 14.0. The average molecular weight is 578 g/mol. The highest BCUT2D eigenvalue weighted by molar-refractivity contribution is 5.95. The number of carbonyl (C=O) groups is 1. The summed E-state index contributed by atoms with van der Waals surface area (Å²) in [7, 11) is 0. The zero-order valence-corrected chi connectivity index (χ0v) is 23.5. The van der Waals surface area contributed by atoms with Crippen LogP contribution in [0.15, 0.2) is 41.2 Å². The lowest BCUT2D eigenvalue weighted by Gasteiger charge is -2.66. The van der Waals surface area contributed by atoms with Gasteiger partial charge in [-0.25, -0.2) is 14.4 Å². The molecule has 220 valence electrons. The van der Waals surface area contributed by atoms with E-state index in [0.29, 0.717) is 44.0 Å². The number of hydrogen-bond acceptors (Lipinski definition) is 6. The first kappa shape index (κ1) is 26.3. The van der Waals surface area contributed by atoms with E-state index in [2.05, 4.69) is 20.1 Å². The number of benzene rings is 1. The van der Waals surface area contributed by atoms with E-state index in [-0.39, 0.29) is 22.2 Å². The van der Waals surface area contributed by atoms with Gasteiger partial charge in [0, 0.05) is 47.9 Å². The van der Waals surface area contributed by atoms with Gasteiger partial charge in [0.25, 0.3) is 5.89 Å². The molecule has 0 radical (unpaired) electrons. The second kappa shape index (κ2) is 9.10. The van der Waals surface area contributed by atoms with Crippen molar-refractivity contribution >= 4 is 11.6 Å². The van der Waals surface area contributed by atoms with Gasteiger partial charge in [0.1, 0.15) is 11.5 Å². The molecule has 2 aromatic heterocycles. The maximum atomic E-state index is 14.3. The number of carbonyl (C=O) groups excluding carboxylic acids is 1. The van der Waals surface area contributed by atoms with Crippen molar-refractivity contribution in [1.29, 1.82) is 0 Å². The lowest BCUT2D eigenvalue weighted by Crippen LogP contribution is -2.65. The lowest BCUT2D eigenvalue weighted by atomic mass is 9.41. The van der Waals surface area contributed by atoms with Crippen molar-refractivity contribution < 1.29 is 22.5 Å². The minimum atomic E-state index is -2.78. The number of hydrogen-bond donors (Lipinski definition) is 0. The van der Waals surface area contributed by atoms with Crippen LogP contribution < -0.4 is 4.90 Å². The molecule has 7 fully saturated rings. The molecule has 10 rings (SSSR count). The number of aromatic nitrogens is 4. The van der Waals surface area contributed by atoms with E-state index in [4.69, 9.17) is 4.52 Å². The van der Waals surface area contributed by atoms with Gasteiger partial charge in [-0.15, -0.1) is 0 Å². The topological polar surface area (TPSA) is 85.0 Å². The molecule has 7 nitrogen and oxygen atoms in total. The molecule has 0 N–H and O–H groups in total. The van der Waals surface area contributed by atoms with Gasteiger partial charge in [-0.2, -0.15) is 13.8 Å². The van der Waals surface area contributed by atoms with Crippen LogP contribution >= 0.6 is 0 Å². The molecule has 42 heavy (non-hydrogen) atoms. The monoisotopic (exact) mass is 577 g/mol. The van der Waals surface area contributed by atoms with E-state index < -0.39 is 18.0 Å². The number of fused-ring (bicyclic) bond motifs is 3. The maximum absolute atomic E-state index is 14.3.